The Bertz CT molecular complexity index is 836. The molecule has 3 rings (SSSR count). The van der Waals surface area contributed by atoms with Crippen molar-refractivity contribution in [2.24, 2.45) is 0 Å². The molecule has 0 unspecified atom stereocenters. The molecule has 0 spiro atoms. The van der Waals surface area contributed by atoms with E-state index in [0.29, 0.717) is 27.6 Å². The molecule has 0 fully saturated rings. The van der Waals surface area contributed by atoms with Crippen LogP contribution < -0.4 is 14.8 Å². The summed E-state index contributed by atoms with van der Waals surface area (Å²) in [5.41, 5.74) is 1.77. The van der Waals surface area contributed by atoms with Gasteiger partial charge in [0.1, 0.15) is 22.1 Å². The molecule has 0 radical (unpaired) electrons. The van der Waals surface area contributed by atoms with Gasteiger partial charge in [-0.1, -0.05) is 12.5 Å². The molecule has 1 aromatic heterocycles. The van der Waals surface area contributed by atoms with Crippen LogP contribution >= 0.6 is 11.3 Å². The van der Waals surface area contributed by atoms with Crippen molar-refractivity contribution < 1.29 is 23.8 Å². The van der Waals surface area contributed by atoms with Crippen LogP contribution in [-0.4, -0.2) is 33.2 Å². The molecule has 1 N–H and O–H groups in total. The number of carbonyl (C=O) groups is 2. The normalized spacial score (nSPS) is 13.3. The standard InChI is InChI=1S/C20H23NO5S/c1-24-13-9-7-10-14(25-2)17(13)18(22)21-19-16(20(23)26-3)12-8-5-4-6-11-15(12)27-19/h7,9-10H,4-6,8,11H2,1-3H3,(H,21,22). The van der Waals surface area contributed by atoms with Crippen LogP contribution in [0.15, 0.2) is 18.2 Å². The third-order valence-corrected chi connectivity index (χ3v) is 5.90. The van der Waals surface area contributed by atoms with Gasteiger partial charge >= 0.3 is 5.97 Å². The van der Waals surface area contributed by atoms with Gasteiger partial charge in [0.2, 0.25) is 0 Å². The summed E-state index contributed by atoms with van der Waals surface area (Å²) in [5, 5.41) is 3.41. The predicted molar refractivity (Wildman–Crippen MR) is 104 cm³/mol. The molecule has 0 saturated carbocycles. The lowest BCUT2D eigenvalue weighted by Crippen LogP contribution is -2.16. The SMILES string of the molecule is COC(=O)c1c(NC(=O)c2c(OC)cccc2OC)sc2c1CCCCC2. The molecule has 144 valence electrons. The van der Waals surface area contributed by atoms with Gasteiger partial charge in [-0.05, 0) is 43.4 Å². The highest BCUT2D eigenvalue weighted by Crippen LogP contribution is 2.39. The maximum absolute atomic E-state index is 13.0. The summed E-state index contributed by atoms with van der Waals surface area (Å²) in [4.78, 5) is 26.6. The maximum Gasteiger partial charge on any atom is 0.341 e. The zero-order valence-corrected chi connectivity index (χ0v) is 16.5. The van der Waals surface area contributed by atoms with E-state index in [2.05, 4.69) is 5.32 Å². The molecular formula is C20H23NO5S. The highest BCUT2D eigenvalue weighted by atomic mass is 32.1. The van der Waals surface area contributed by atoms with Gasteiger partial charge in [-0.15, -0.1) is 11.3 Å². The molecule has 2 aromatic rings. The van der Waals surface area contributed by atoms with Gasteiger partial charge in [-0.3, -0.25) is 4.79 Å². The molecule has 1 aromatic carbocycles. The number of rotatable bonds is 5. The average Bonchev–Trinajstić information content (AvgIpc) is 2.86. The summed E-state index contributed by atoms with van der Waals surface area (Å²) in [6, 6.07) is 5.15. The monoisotopic (exact) mass is 389 g/mol. The van der Waals surface area contributed by atoms with Crippen molar-refractivity contribution in [3.63, 3.8) is 0 Å². The van der Waals surface area contributed by atoms with Crippen molar-refractivity contribution in [3.05, 3.63) is 39.8 Å². The molecular weight excluding hydrogens is 366 g/mol. The van der Waals surface area contributed by atoms with Crippen LogP contribution in [0.3, 0.4) is 0 Å². The fourth-order valence-corrected chi connectivity index (χ4v) is 4.66. The van der Waals surface area contributed by atoms with Crippen LogP contribution in [0.2, 0.25) is 0 Å². The minimum absolute atomic E-state index is 0.293. The number of ether oxygens (including phenoxy) is 3. The maximum atomic E-state index is 13.0. The summed E-state index contributed by atoms with van der Waals surface area (Å²) < 4.78 is 15.6. The van der Waals surface area contributed by atoms with Crippen LogP contribution in [0.25, 0.3) is 0 Å². The first-order valence-corrected chi connectivity index (χ1v) is 9.67. The molecule has 7 heteroatoms. The second kappa shape index (κ2) is 8.43. The predicted octanol–water partition coefficient (Wildman–Crippen LogP) is 4.07. The van der Waals surface area contributed by atoms with Crippen molar-refractivity contribution in [2.45, 2.75) is 32.1 Å². The first-order chi connectivity index (χ1) is 13.1. The zero-order chi connectivity index (χ0) is 19.4. The van der Waals surface area contributed by atoms with Crippen LogP contribution in [0.1, 0.15) is 50.4 Å². The van der Waals surface area contributed by atoms with Gasteiger partial charge in [-0.2, -0.15) is 0 Å². The number of methoxy groups -OCH3 is 3. The van der Waals surface area contributed by atoms with Crippen molar-refractivity contribution in [1.29, 1.82) is 0 Å². The Labute approximate surface area is 162 Å². The molecule has 0 atom stereocenters. The van der Waals surface area contributed by atoms with Crippen molar-refractivity contribution in [1.82, 2.24) is 0 Å². The third-order valence-electron chi connectivity index (χ3n) is 4.69. The molecule has 6 nitrogen and oxygen atoms in total. The summed E-state index contributed by atoms with van der Waals surface area (Å²) in [7, 11) is 4.36. The lowest BCUT2D eigenvalue weighted by atomic mass is 10.1. The molecule has 1 aliphatic rings. The van der Waals surface area contributed by atoms with E-state index >= 15 is 0 Å². The molecule has 0 bridgehead atoms. The van der Waals surface area contributed by atoms with Crippen molar-refractivity contribution in [3.8, 4) is 11.5 Å². The number of benzene rings is 1. The molecule has 1 amide bonds. The lowest BCUT2D eigenvalue weighted by molar-refractivity contribution is 0.0601. The smallest absolute Gasteiger partial charge is 0.341 e. The number of thiophene rings is 1. The summed E-state index contributed by atoms with van der Waals surface area (Å²) in [6.07, 6.45) is 4.99. The number of esters is 1. The molecule has 27 heavy (non-hydrogen) atoms. The number of carbonyl (C=O) groups excluding carboxylic acids is 2. The van der Waals surface area contributed by atoms with Gasteiger partial charge in [0, 0.05) is 4.88 Å². The van der Waals surface area contributed by atoms with Crippen LogP contribution in [0, 0.1) is 0 Å². The summed E-state index contributed by atoms with van der Waals surface area (Å²) >= 11 is 1.45. The van der Waals surface area contributed by atoms with E-state index in [1.54, 1.807) is 18.2 Å². The van der Waals surface area contributed by atoms with E-state index in [0.717, 1.165) is 42.5 Å². The average molecular weight is 389 g/mol. The number of hydrogen-bond donors (Lipinski definition) is 1. The number of aryl methyl sites for hydroxylation is 1. The third kappa shape index (κ3) is 3.78. The second-order valence-corrected chi connectivity index (χ2v) is 7.36. The van der Waals surface area contributed by atoms with E-state index in [-0.39, 0.29) is 5.91 Å². The quantitative estimate of drug-likeness (QED) is 0.616. The van der Waals surface area contributed by atoms with Crippen LogP contribution in [0.5, 0.6) is 11.5 Å². The van der Waals surface area contributed by atoms with E-state index in [4.69, 9.17) is 14.2 Å². The molecule has 0 aliphatic heterocycles. The molecule has 1 heterocycles. The van der Waals surface area contributed by atoms with Gasteiger partial charge < -0.3 is 19.5 Å². The number of anilines is 1. The number of amides is 1. The Morgan fingerprint density at radius 3 is 2.26 bits per heavy atom. The van der Waals surface area contributed by atoms with E-state index in [1.165, 1.54) is 32.7 Å². The zero-order valence-electron chi connectivity index (χ0n) is 15.7. The van der Waals surface area contributed by atoms with Crippen LogP contribution in [0.4, 0.5) is 5.00 Å². The lowest BCUT2D eigenvalue weighted by Gasteiger charge is -2.13. The fraction of sp³-hybridized carbons (Fsp3) is 0.400. The van der Waals surface area contributed by atoms with E-state index in [1.807, 2.05) is 0 Å². The Balaban J connectivity index is 2.01. The van der Waals surface area contributed by atoms with E-state index < -0.39 is 5.97 Å². The largest absolute Gasteiger partial charge is 0.496 e. The van der Waals surface area contributed by atoms with Gasteiger partial charge in [0.25, 0.3) is 5.91 Å². The molecule has 1 aliphatic carbocycles. The van der Waals surface area contributed by atoms with E-state index in [9.17, 15) is 9.59 Å². The minimum Gasteiger partial charge on any atom is -0.496 e. The first kappa shape index (κ1) is 19.2. The van der Waals surface area contributed by atoms with Gasteiger partial charge in [0.05, 0.1) is 26.9 Å². The van der Waals surface area contributed by atoms with Gasteiger partial charge in [-0.25, -0.2) is 4.79 Å². The first-order valence-electron chi connectivity index (χ1n) is 8.85. The fourth-order valence-electron chi connectivity index (χ4n) is 3.39. The minimum atomic E-state index is -0.420. The Hall–Kier alpha value is -2.54. The molecule has 0 saturated heterocycles. The van der Waals surface area contributed by atoms with Crippen molar-refractivity contribution in [2.75, 3.05) is 26.6 Å². The second-order valence-electron chi connectivity index (χ2n) is 6.25. The van der Waals surface area contributed by atoms with Gasteiger partial charge in [0.15, 0.2) is 0 Å². The van der Waals surface area contributed by atoms with Crippen LogP contribution in [-0.2, 0) is 17.6 Å². The van der Waals surface area contributed by atoms with Crippen molar-refractivity contribution >= 4 is 28.2 Å². The summed E-state index contributed by atoms with van der Waals surface area (Å²) in [5.74, 6) is 0.0109. The topological polar surface area (TPSA) is 73.9 Å². The number of fused-ring (bicyclic) bond motifs is 1. The number of nitrogens with one attached hydrogen (secondary N) is 1. The Kier molecular flexibility index (Phi) is 6.01. The highest BCUT2D eigenvalue weighted by molar-refractivity contribution is 7.17. The highest BCUT2D eigenvalue weighted by Gasteiger charge is 2.28. The Morgan fingerprint density at radius 1 is 0.963 bits per heavy atom. The Morgan fingerprint density at radius 2 is 1.63 bits per heavy atom. The summed E-state index contributed by atoms with van der Waals surface area (Å²) in [6.45, 7) is 0. The number of hydrogen-bond acceptors (Lipinski definition) is 6.